The summed E-state index contributed by atoms with van der Waals surface area (Å²) in [5, 5.41) is 3.32. The second kappa shape index (κ2) is 10.2. The molecule has 2 unspecified atom stereocenters. The zero-order valence-electron chi connectivity index (χ0n) is 19.7. The first-order chi connectivity index (χ1) is 14.9. The van der Waals surface area contributed by atoms with Gasteiger partial charge in [0.15, 0.2) is 11.5 Å². The molecule has 0 aromatic heterocycles. The van der Waals surface area contributed by atoms with E-state index in [0.717, 1.165) is 37.4 Å². The van der Waals surface area contributed by atoms with Gasteiger partial charge in [-0.15, -0.1) is 0 Å². The van der Waals surface area contributed by atoms with Crippen molar-refractivity contribution < 1.29 is 14.3 Å². The van der Waals surface area contributed by atoms with Crippen molar-refractivity contribution in [1.82, 2.24) is 10.2 Å². The second-order valence-electron chi connectivity index (χ2n) is 8.68. The molecular formula is C26H36N2O3. The van der Waals surface area contributed by atoms with Crippen LogP contribution in [-0.2, 0) is 17.8 Å². The third-order valence-corrected chi connectivity index (χ3v) is 6.33. The zero-order valence-corrected chi connectivity index (χ0v) is 19.7. The van der Waals surface area contributed by atoms with Gasteiger partial charge in [0.2, 0.25) is 5.91 Å². The van der Waals surface area contributed by atoms with Crippen LogP contribution in [0.2, 0.25) is 0 Å². The Kier molecular flexibility index (Phi) is 7.60. The van der Waals surface area contributed by atoms with E-state index in [1.807, 2.05) is 13.8 Å². The van der Waals surface area contributed by atoms with Crippen LogP contribution in [0.4, 0.5) is 0 Å². The molecule has 2 atom stereocenters. The van der Waals surface area contributed by atoms with E-state index in [4.69, 9.17) is 9.47 Å². The highest BCUT2D eigenvalue weighted by Crippen LogP contribution is 2.40. The number of ether oxygens (including phenoxy) is 2. The van der Waals surface area contributed by atoms with Crippen LogP contribution in [0.5, 0.6) is 11.5 Å². The summed E-state index contributed by atoms with van der Waals surface area (Å²) in [4.78, 5) is 15.1. The van der Waals surface area contributed by atoms with Gasteiger partial charge in [-0.05, 0) is 54.2 Å². The first-order valence-electron chi connectivity index (χ1n) is 11.2. The van der Waals surface area contributed by atoms with Crippen LogP contribution < -0.4 is 14.8 Å². The minimum Gasteiger partial charge on any atom is -0.493 e. The van der Waals surface area contributed by atoms with Crippen molar-refractivity contribution in [3.63, 3.8) is 0 Å². The Morgan fingerprint density at radius 3 is 2.45 bits per heavy atom. The third kappa shape index (κ3) is 5.04. The normalized spacial score (nSPS) is 17.2. The number of rotatable bonds is 8. The van der Waals surface area contributed by atoms with Crippen molar-refractivity contribution in [3.05, 3.63) is 58.7 Å². The van der Waals surface area contributed by atoms with Gasteiger partial charge in [0.05, 0.1) is 20.3 Å². The molecule has 0 spiro atoms. The van der Waals surface area contributed by atoms with Crippen LogP contribution in [0.15, 0.2) is 36.4 Å². The number of hydrogen-bond acceptors (Lipinski definition) is 4. The van der Waals surface area contributed by atoms with Gasteiger partial charge >= 0.3 is 0 Å². The van der Waals surface area contributed by atoms with Crippen LogP contribution >= 0.6 is 0 Å². The maximum absolute atomic E-state index is 12.6. The second-order valence-corrected chi connectivity index (χ2v) is 8.68. The lowest BCUT2D eigenvalue weighted by atomic mass is 9.86. The fourth-order valence-corrected chi connectivity index (χ4v) is 4.44. The molecule has 3 rings (SSSR count). The van der Waals surface area contributed by atoms with E-state index in [9.17, 15) is 4.79 Å². The largest absolute Gasteiger partial charge is 0.493 e. The quantitative estimate of drug-likeness (QED) is 0.669. The van der Waals surface area contributed by atoms with Crippen molar-refractivity contribution in [1.29, 1.82) is 0 Å². The van der Waals surface area contributed by atoms with Crippen LogP contribution in [0, 0.1) is 12.8 Å². The average Bonchev–Trinajstić information content (AvgIpc) is 2.77. The molecule has 1 heterocycles. The Morgan fingerprint density at radius 1 is 1.16 bits per heavy atom. The lowest BCUT2D eigenvalue weighted by Crippen LogP contribution is -2.49. The molecule has 0 aliphatic carbocycles. The van der Waals surface area contributed by atoms with Crippen molar-refractivity contribution >= 4 is 5.91 Å². The summed E-state index contributed by atoms with van der Waals surface area (Å²) in [5.74, 6) is 1.53. The molecule has 1 N–H and O–H groups in total. The Bertz CT molecular complexity index is 910. The van der Waals surface area contributed by atoms with E-state index in [0.29, 0.717) is 0 Å². The molecular weight excluding hydrogens is 388 g/mol. The van der Waals surface area contributed by atoms with Crippen molar-refractivity contribution in [2.24, 2.45) is 5.92 Å². The minimum absolute atomic E-state index is 0.0102. The van der Waals surface area contributed by atoms with Gasteiger partial charge in [0.1, 0.15) is 0 Å². The molecule has 31 heavy (non-hydrogen) atoms. The summed E-state index contributed by atoms with van der Waals surface area (Å²) in [5.41, 5.74) is 5.09. The Hall–Kier alpha value is -2.53. The van der Waals surface area contributed by atoms with E-state index in [2.05, 4.69) is 60.5 Å². The minimum atomic E-state index is -0.0488. The molecule has 1 aliphatic rings. The molecule has 2 aromatic carbocycles. The lowest BCUT2D eigenvalue weighted by Gasteiger charge is -2.42. The first-order valence-corrected chi connectivity index (χ1v) is 11.2. The van der Waals surface area contributed by atoms with Gasteiger partial charge in [-0.2, -0.15) is 0 Å². The highest BCUT2D eigenvalue weighted by atomic mass is 16.5. The number of carbonyl (C=O) groups is 1. The molecule has 1 aliphatic heterocycles. The summed E-state index contributed by atoms with van der Waals surface area (Å²) in [6, 6.07) is 12.8. The fraction of sp³-hybridized carbons (Fsp3) is 0.500. The van der Waals surface area contributed by atoms with Crippen LogP contribution in [-0.4, -0.2) is 37.6 Å². The topological polar surface area (TPSA) is 50.8 Å². The van der Waals surface area contributed by atoms with Crippen LogP contribution in [0.3, 0.4) is 0 Å². The molecule has 0 bridgehead atoms. The Labute approximate surface area is 186 Å². The monoisotopic (exact) mass is 424 g/mol. The van der Waals surface area contributed by atoms with Crippen molar-refractivity contribution in [3.8, 4) is 11.5 Å². The molecule has 0 saturated carbocycles. The van der Waals surface area contributed by atoms with Crippen molar-refractivity contribution in [2.75, 3.05) is 20.8 Å². The molecule has 0 fully saturated rings. The fourth-order valence-electron chi connectivity index (χ4n) is 4.44. The van der Waals surface area contributed by atoms with Gasteiger partial charge in [0.25, 0.3) is 0 Å². The average molecular weight is 425 g/mol. The summed E-state index contributed by atoms with van der Waals surface area (Å²) < 4.78 is 11.2. The number of aryl methyl sites for hydroxylation is 1. The van der Waals surface area contributed by atoms with E-state index < -0.39 is 0 Å². The number of methoxy groups -OCH3 is 2. The zero-order chi connectivity index (χ0) is 22.5. The molecule has 5 nitrogen and oxygen atoms in total. The molecule has 5 heteroatoms. The number of benzene rings is 2. The van der Waals surface area contributed by atoms with Crippen LogP contribution in [0.25, 0.3) is 0 Å². The smallest absolute Gasteiger partial charge is 0.222 e. The predicted octanol–water partition coefficient (Wildman–Crippen LogP) is 4.66. The van der Waals surface area contributed by atoms with Gasteiger partial charge < -0.3 is 14.8 Å². The van der Waals surface area contributed by atoms with E-state index >= 15 is 0 Å². The standard InChI is InChI=1S/C26H36N2O3/c1-7-22(27-26(29)17(2)3)25-21-15-24(31-6)23(30-5)14-19(21)12-13-28(25)16-20-11-9-8-10-18(20)4/h8-11,14-15,17,22,25H,7,12-13,16H2,1-6H3,(H,27,29). The molecule has 1 amide bonds. The molecule has 168 valence electrons. The van der Waals surface area contributed by atoms with Gasteiger partial charge in [-0.3, -0.25) is 9.69 Å². The van der Waals surface area contributed by atoms with Gasteiger partial charge in [-0.1, -0.05) is 45.0 Å². The van der Waals surface area contributed by atoms with Gasteiger partial charge in [-0.25, -0.2) is 0 Å². The maximum Gasteiger partial charge on any atom is 0.222 e. The summed E-state index contributed by atoms with van der Waals surface area (Å²) in [7, 11) is 3.35. The Balaban J connectivity index is 2.05. The lowest BCUT2D eigenvalue weighted by molar-refractivity contribution is -0.125. The number of carbonyl (C=O) groups excluding carboxylic acids is 1. The van der Waals surface area contributed by atoms with Crippen LogP contribution in [0.1, 0.15) is 55.5 Å². The summed E-state index contributed by atoms with van der Waals surface area (Å²) in [6.45, 7) is 9.96. The van der Waals surface area contributed by atoms with Gasteiger partial charge in [0, 0.05) is 25.0 Å². The third-order valence-electron chi connectivity index (χ3n) is 6.33. The maximum atomic E-state index is 12.6. The summed E-state index contributed by atoms with van der Waals surface area (Å²) >= 11 is 0. The highest BCUT2D eigenvalue weighted by Gasteiger charge is 2.35. The number of nitrogens with zero attached hydrogens (tertiary/aromatic N) is 1. The predicted molar refractivity (Wildman–Crippen MR) is 125 cm³/mol. The SMILES string of the molecule is CCC(NC(=O)C(C)C)C1c2cc(OC)c(OC)cc2CCN1Cc1ccccc1C. The highest BCUT2D eigenvalue weighted by molar-refractivity contribution is 5.78. The van der Waals surface area contributed by atoms with E-state index in [-0.39, 0.29) is 23.9 Å². The Morgan fingerprint density at radius 2 is 1.84 bits per heavy atom. The molecule has 0 radical (unpaired) electrons. The van der Waals surface area contributed by atoms with E-state index in [1.165, 1.54) is 22.3 Å². The number of nitrogens with one attached hydrogen (secondary N) is 1. The molecule has 0 saturated heterocycles. The number of amides is 1. The van der Waals surface area contributed by atoms with E-state index in [1.54, 1.807) is 14.2 Å². The summed E-state index contributed by atoms with van der Waals surface area (Å²) in [6.07, 6.45) is 1.79. The number of fused-ring (bicyclic) bond motifs is 1. The van der Waals surface area contributed by atoms with Crippen molar-refractivity contribution in [2.45, 2.75) is 59.2 Å². The molecule has 2 aromatic rings. The first kappa shape index (κ1) is 23.1. The number of hydrogen-bond donors (Lipinski definition) is 1.